The first-order chi connectivity index (χ1) is 7.72. The van der Waals surface area contributed by atoms with Gasteiger partial charge >= 0.3 is 0 Å². The van der Waals surface area contributed by atoms with Gasteiger partial charge in [0.2, 0.25) is 0 Å². The molecule has 1 N–H and O–H groups in total. The molecule has 2 heteroatoms. The summed E-state index contributed by atoms with van der Waals surface area (Å²) in [5.74, 6) is 0. The van der Waals surface area contributed by atoms with E-state index < -0.39 is 0 Å². The van der Waals surface area contributed by atoms with E-state index in [4.69, 9.17) is 0 Å². The fourth-order valence-corrected chi connectivity index (χ4v) is 2.28. The van der Waals surface area contributed by atoms with E-state index in [1.807, 2.05) is 0 Å². The third-order valence-corrected chi connectivity index (χ3v) is 3.06. The van der Waals surface area contributed by atoms with Crippen LogP contribution >= 0.6 is 0 Å². The quantitative estimate of drug-likeness (QED) is 0.837. The molecule has 1 aromatic heterocycles. The van der Waals surface area contributed by atoms with Crippen molar-refractivity contribution in [3.05, 3.63) is 36.0 Å². The molecular formula is C14H19NO. The highest BCUT2D eigenvalue weighted by Crippen LogP contribution is 2.22. The number of nitrogens with zero attached hydrogens (tertiary/aromatic N) is 1. The molecule has 2 aromatic rings. The molecule has 2 nitrogen and oxygen atoms in total. The Balaban J connectivity index is 2.31. The lowest BCUT2D eigenvalue weighted by molar-refractivity contribution is 0.164. The van der Waals surface area contributed by atoms with Crippen molar-refractivity contribution >= 4 is 10.9 Å². The Hall–Kier alpha value is -1.28. The first kappa shape index (κ1) is 11.2. The third-order valence-electron chi connectivity index (χ3n) is 3.06. The molecule has 1 heterocycles. The fraction of sp³-hybridized carbons (Fsp3) is 0.429. The molecule has 2 rings (SSSR count). The van der Waals surface area contributed by atoms with Crippen LogP contribution in [-0.2, 0) is 13.5 Å². The molecule has 1 aromatic carbocycles. The van der Waals surface area contributed by atoms with Crippen molar-refractivity contribution in [3.63, 3.8) is 0 Å². The van der Waals surface area contributed by atoms with Crippen molar-refractivity contribution in [2.45, 2.75) is 32.3 Å². The van der Waals surface area contributed by atoms with Crippen molar-refractivity contribution in [3.8, 4) is 0 Å². The van der Waals surface area contributed by atoms with Crippen LogP contribution < -0.4 is 0 Å². The molecule has 1 atom stereocenters. The maximum absolute atomic E-state index is 9.86. The van der Waals surface area contributed by atoms with E-state index in [-0.39, 0.29) is 6.10 Å². The maximum atomic E-state index is 9.86. The van der Waals surface area contributed by atoms with Crippen molar-refractivity contribution in [1.29, 1.82) is 0 Å². The molecule has 0 aliphatic carbocycles. The zero-order valence-corrected chi connectivity index (χ0v) is 9.98. The predicted octanol–water partition coefficient (Wildman–Crippen LogP) is 2.88. The van der Waals surface area contributed by atoms with E-state index in [2.05, 4.69) is 49.0 Å². The molecule has 0 spiro atoms. The molecule has 0 saturated carbocycles. The standard InChI is InChI=1S/C14H19NO/c1-3-6-12(16)9-11-10-15(2)14-8-5-4-7-13(11)14/h4-5,7-8,10,12,16H,3,6,9H2,1-2H3. The second kappa shape index (κ2) is 4.71. The highest BCUT2D eigenvalue weighted by molar-refractivity contribution is 5.83. The molecule has 0 radical (unpaired) electrons. The highest BCUT2D eigenvalue weighted by atomic mass is 16.3. The van der Waals surface area contributed by atoms with Gasteiger partial charge in [-0.05, 0) is 18.1 Å². The SMILES string of the molecule is CCCC(O)Cc1cn(C)c2ccccc12. The van der Waals surface area contributed by atoms with Gasteiger partial charge in [-0.2, -0.15) is 0 Å². The molecule has 0 bridgehead atoms. The number of aliphatic hydroxyl groups excluding tert-OH is 1. The molecule has 1 unspecified atom stereocenters. The largest absolute Gasteiger partial charge is 0.393 e. The number of hydrogen-bond acceptors (Lipinski definition) is 1. The van der Waals surface area contributed by atoms with Crippen LogP contribution in [0.15, 0.2) is 30.5 Å². The van der Waals surface area contributed by atoms with E-state index >= 15 is 0 Å². The smallest absolute Gasteiger partial charge is 0.0581 e. The van der Waals surface area contributed by atoms with Gasteiger partial charge < -0.3 is 9.67 Å². The second-order valence-electron chi connectivity index (χ2n) is 4.43. The summed E-state index contributed by atoms with van der Waals surface area (Å²) in [4.78, 5) is 0. The Bertz CT molecular complexity index is 473. The Labute approximate surface area is 96.5 Å². The van der Waals surface area contributed by atoms with E-state index in [9.17, 15) is 5.11 Å². The van der Waals surface area contributed by atoms with Gasteiger partial charge in [0, 0.05) is 30.6 Å². The number of aliphatic hydroxyl groups is 1. The van der Waals surface area contributed by atoms with Crippen LogP contribution in [0.1, 0.15) is 25.3 Å². The first-order valence-electron chi connectivity index (χ1n) is 5.93. The van der Waals surface area contributed by atoms with Crippen LogP contribution in [-0.4, -0.2) is 15.8 Å². The van der Waals surface area contributed by atoms with Gasteiger partial charge in [-0.3, -0.25) is 0 Å². The number of hydrogen-bond donors (Lipinski definition) is 1. The zero-order valence-electron chi connectivity index (χ0n) is 9.98. The van der Waals surface area contributed by atoms with Gasteiger partial charge in [-0.1, -0.05) is 31.5 Å². The summed E-state index contributed by atoms with van der Waals surface area (Å²) in [7, 11) is 2.05. The average molecular weight is 217 g/mol. The van der Waals surface area contributed by atoms with Crippen LogP contribution in [0.25, 0.3) is 10.9 Å². The summed E-state index contributed by atoms with van der Waals surface area (Å²) in [6.07, 6.45) is 4.59. The van der Waals surface area contributed by atoms with E-state index in [1.165, 1.54) is 16.5 Å². The van der Waals surface area contributed by atoms with Crippen LogP contribution in [0.5, 0.6) is 0 Å². The Morgan fingerprint density at radius 1 is 1.31 bits per heavy atom. The number of benzene rings is 1. The normalized spacial score (nSPS) is 13.2. The molecule has 0 fully saturated rings. The molecule has 86 valence electrons. The van der Waals surface area contributed by atoms with Crippen LogP contribution in [0, 0.1) is 0 Å². The highest BCUT2D eigenvalue weighted by Gasteiger charge is 2.10. The molecule has 0 aliphatic rings. The van der Waals surface area contributed by atoms with Gasteiger partial charge in [-0.25, -0.2) is 0 Å². The fourth-order valence-electron chi connectivity index (χ4n) is 2.28. The number of aryl methyl sites for hydroxylation is 1. The first-order valence-corrected chi connectivity index (χ1v) is 5.93. The summed E-state index contributed by atoms with van der Waals surface area (Å²) in [6.45, 7) is 2.10. The van der Waals surface area contributed by atoms with Crippen LogP contribution in [0.3, 0.4) is 0 Å². The van der Waals surface area contributed by atoms with Gasteiger partial charge in [0.25, 0.3) is 0 Å². The van der Waals surface area contributed by atoms with E-state index in [1.54, 1.807) is 0 Å². The van der Waals surface area contributed by atoms with Gasteiger partial charge in [0.15, 0.2) is 0 Å². The average Bonchev–Trinajstić information content (AvgIpc) is 2.57. The lowest BCUT2D eigenvalue weighted by Gasteiger charge is -2.07. The molecule has 16 heavy (non-hydrogen) atoms. The van der Waals surface area contributed by atoms with Gasteiger partial charge in [-0.15, -0.1) is 0 Å². The third kappa shape index (κ3) is 2.12. The summed E-state index contributed by atoms with van der Waals surface area (Å²) < 4.78 is 2.13. The number of fused-ring (bicyclic) bond motifs is 1. The lowest BCUT2D eigenvalue weighted by Crippen LogP contribution is -2.09. The summed E-state index contributed by atoms with van der Waals surface area (Å²) in [6, 6.07) is 8.35. The Morgan fingerprint density at radius 3 is 2.81 bits per heavy atom. The summed E-state index contributed by atoms with van der Waals surface area (Å²) in [5.41, 5.74) is 2.49. The minimum absolute atomic E-state index is 0.212. The zero-order chi connectivity index (χ0) is 11.5. The van der Waals surface area contributed by atoms with Crippen LogP contribution in [0.4, 0.5) is 0 Å². The van der Waals surface area contributed by atoms with Gasteiger partial charge in [0.05, 0.1) is 6.10 Å². The van der Waals surface area contributed by atoms with Crippen molar-refractivity contribution in [1.82, 2.24) is 4.57 Å². The summed E-state index contributed by atoms with van der Waals surface area (Å²) in [5, 5.41) is 11.1. The maximum Gasteiger partial charge on any atom is 0.0581 e. The van der Waals surface area contributed by atoms with E-state index in [0.717, 1.165) is 19.3 Å². The number of rotatable bonds is 4. The van der Waals surface area contributed by atoms with Crippen molar-refractivity contribution in [2.75, 3.05) is 0 Å². The Kier molecular flexibility index (Phi) is 3.30. The number of para-hydroxylation sites is 1. The van der Waals surface area contributed by atoms with E-state index in [0.29, 0.717) is 0 Å². The topological polar surface area (TPSA) is 25.2 Å². The van der Waals surface area contributed by atoms with Gasteiger partial charge in [0.1, 0.15) is 0 Å². The van der Waals surface area contributed by atoms with Crippen molar-refractivity contribution < 1.29 is 5.11 Å². The van der Waals surface area contributed by atoms with Crippen molar-refractivity contribution in [2.24, 2.45) is 7.05 Å². The Morgan fingerprint density at radius 2 is 2.06 bits per heavy atom. The molecule has 0 saturated heterocycles. The minimum atomic E-state index is -0.212. The predicted molar refractivity (Wildman–Crippen MR) is 67.5 cm³/mol. The molecular weight excluding hydrogens is 198 g/mol. The minimum Gasteiger partial charge on any atom is -0.393 e. The second-order valence-corrected chi connectivity index (χ2v) is 4.43. The van der Waals surface area contributed by atoms with Crippen LogP contribution in [0.2, 0.25) is 0 Å². The molecule has 0 aliphatic heterocycles. The lowest BCUT2D eigenvalue weighted by atomic mass is 10.0. The monoisotopic (exact) mass is 217 g/mol. The molecule has 0 amide bonds. The summed E-state index contributed by atoms with van der Waals surface area (Å²) >= 11 is 0. The number of aromatic nitrogens is 1.